The van der Waals surface area contributed by atoms with Crippen molar-refractivity contribution in [1.82, 2.24) is 0 Å². The average Bonchev–Trinajstić information content (AvgIpc) is 2.64. The summed E-state index contributed by atoms with van der Waals surface area (Å²) < 4.78 is 10.5. The van der Waals surface area contributed by atoms with Gasteiger partial charge in [-0.3, -0.25) is 9.59 Å². The molecule has 0 aliphatic heterocycles. The van der Waals surface area contributed by atoms with Gasteiger partial charge in [0.2, 0.25) is 11.8 Å². The molecule has 0 unspecified atom stereocenters. The Bertz CT molecular complexity index is 802. The molecule has 2 aromatic carbocycles. The number of aryl methyl sites for hydroxylation is 1. The van der Waals surface area contributed by atoms with Crippen LogP contribution in [0.25, 0.3) is 0 Å². The van der Waals surface area contributed by atoms with Gasteiger partial charge < -0.3 is 20.1 Å². The minimum Gasteiger partial charge on any atom is -0.493 e. The molecule has 2 N–H and O–H groups in total. The lowest BCUT2D eigenvalue weighted by Crippen LogP contribution is -2.16. The predicted molar refractivity (Wildman–Crippen MR) is 102 cm³/mol. The van der Waals surface area contributed by atoms with Gasteiger partial charge in [0.25, 0.3) is 0 Å². The number of carbonyl (C=O) groups excluding carboxylic acids is 2. The van der Waals surface area contributed by atoms with Crippen molar-refractivity contribution in [2.45, 2.75) is 26.7 Å². The number of hydrogen-bond acceptors (Lipinski definition) is 4. The number of benzene rings is 2. The SMILES string of the molecule is CCC(=O)Nc1ccc(C)c(NC(=O)Cc2ccc(OC)c(OC)c2)c1. The molecule has 6 heteroatoms. The number of hydrogen-bond donors (Lipinski definition) is 2. The van der Waals surface area contributed by atoms with Crippen LogP contribution in [0.4, 0.5) is 11.4 Å². The van der Waals surface area contributed by atoms with Crippen molar-refractivity contribution in [2.24, 2.45) is 0 Å². The maximum atomic E-state index is 12.4. The standard InChI is InChI=1S/C20H24N2O4/c1-5-19(23)21-15-8-6-13(2)16(12-15)22-20(24)11-14-7-9-17(25-3)18(10-14)26-4/h6-10,12H,5,11H2,1-4H3,(H,21,23)(H,22,24). The quantitative estimate of drug-likeness (QED) is 0.795. The van der Waals surface area contributed by atoms with Crippen LogP contribution in [0.3, 0.4) is 0 Å². The molecule has 0 radical (unpaired) electrons. The van der Waals surface area contributed by atoms with Crippen molar-refractivity contribution in [3.8, 4) is 11.5 Å². The Hall–Kier alpha value is -3.02. The third-order valence-corrected chi connectivity index (χ3v) is 3.93. The Balaban J connectivity index is 2.10. The van der Waals surface area contributed by atoms with Crippen LogP contribution in [0.15, 0.2) is 36.4 Å². The van der Waals surface area contributed by atoms with E-state index >= 15 is 0 Å². The van der Waals surface area contributed by atoms with Crippen LogP contribution in [-0.4, -0.2) is 26.0 Å². The fraction of sp³-hybridized carbons (Fsp3) is 0.300. The largest absolute Gasteiger partial charge is 0.493 e. The van der Waals surface area contributed by atoms with E-state index in [2.05, 4.69) is 10.6 Å². The summed E-state index contributed by atoms with van der Waals surface area (Å²) in [4.78, 5) is 23.9. The molecule has 2 rings (SSSR count). The number of rotatable bonds is 7. The summed E-state index contributed by atoms with van der Waals surface area (Å²) >= 11 is 0. The molecule has 0 spiro atoms. The molecule has 0 saturated heterocycles. The predicted octanol–water partition coefficient (Wildman–Crippen LogP) is 3.54. The molecule has 6 nitrogen and oxygen atoms in total. The van der Waals surface area contributed by atoms with Gasteiger partial charge in [0, 0.05) is 17.8 Å². The second-order valence-corrected chi connectivity index (χ2v) is 5.85. The number of anilines is 2. The minimum atomic E-state index is -0.153. The molecule has 0 heterocycles. The van der Waals surface area contributed by atoms with Crippen LogP contribution in [0, 0.1) is 6.92 Å². The van der Waals surface area contributed by atoms with Crippen molar-refractivity contribution >= 4 is 23.2 Å². The highest BCUT2D eigenvalue weighted by Crippen LogP contribution is 2.28. The van der Waals surface area contributed by atoms with Gasteiger partial charge in [0.05, 0.1) is 20.6 Å². The van der Waals surface area contributed by atoms with Gasteiger partial charge in [0.15, 0.2) is 11.5 Å². The molecule has 0 aliphatic carbocycles. The number of methoxy groups -OCH3 is 2. The normalized spacial score (nSPS) is 10.2. The molecule has 26 heavy (non-hydrogen) atoms. The zero-order chi connectivity index (χ0) is 19.1. The summed E-state index contributed by atoms with van der Waals surface area (Å²) in [7, 11) is 3.12. The minimum absolute atomic E-state index is 0.0727. The summed E-state index contributed by atoms with van der Waals surface area (Å²) in [5.74, 6) is 0.973. The van der Waals surface area contributed by atoms with E-state index in [-0.39, 0.29) is 18.2 Å². The van der Waals surface area contributed by atoms with Crippen molar-refractivity contribution in [3.63, 3.8) is 0 Å². The first kappa shape index (κ1) is 19.3. The Kier molecular flexibility index (Phi) is 6.60. The van der Waals surface area contributed by atoms with Crippen LogP contribution >= 0.6 is 0 Å². The second-order valence-electron chi connectivity index (χ2n) is 5.85. The highest BCUT2D eigenvalue weighted by molar-refractivity contribution is 5.95. The smallest absolute Gasteiger partial charge is 0.228 e. The summed E-state index contributed by atoms with van der Waals surface area (Å²) in [5.41, 5.74) is 3.06. The van der Waals surface area contributed by atoms with Gasteiger partial charge in [-0.2, -0.15) is 0 Å². The van der Waals surface area contributed by atoms with Crippen LogP contribution in [0.1, 0.15) is 24.5 Å². The zero-order valence-electron chi connectivity index (χ0n) is 15.5. The van der Waals surface area contributed by atoms with Gasteiger partial charge in [-0.25, -0.2) is 0 Å². The van der Waals surface area contributed by atoms with E-state index in [9.17, 15) is 9.59 Å². The van der Waals surface area contributed by atoms with Gasteiger partial charge in [-0.1, -0.05) is 19.1 Å². The van der Waals surface area contributed by atoms with E-state index in [1.165, 1.54) is 0 Å². The molecule has 0 aliphatic rings. The van der Waals surface area contributed by atoms with Crippen molar-refractivity contribution in [1.29, 1.82) is 0 Å². The summed E-state index contributed by atoms with van der Waals surface area (Å²) in [5, 5.41) is 5.68. The number of carbonyl (C=O) groups is 2. The molecular formula is C20H24N2O4. The molecular weight excluding hydrogens is 332 g/mol. The third-order valence-electron chi connectivity index (χ3n) is 3.93. The van der Waals surface area contributed by atoms with Crippen LogP contribution in [-0.2, 0) is 16.0 Å². The lowest BCUT2D eigenvalue weighted by Gasteiger charge is -2.12. The highest BCUT2D eigenvalue weighted by atomic mass is 16.5. The van der Waals surface area contributed by atoms with E-state index in [0.717, 1.165) is 11.1 Å². The highest BCUT2D eigenvalue weighted by Gasteiger charge is 2.10. The van der Waals surface area contributed by atoms with E-state index in [4.69, 9.17) is 9.47 Å². The Morgan fingerprint density at radius 2 is 1.65 bits per heavy atom. The van der Waals surface area contributed by atoms with Crippen molar-refractivity contribution in [3.05, 3.63) is 47.5 Å². The van der Waals surface area contributed by atoms with E-state index in [1.807, 2.05) is 25.1 Å². The molecule has 2 aromatic rings. The zero-order valence-corrected chi connectivity index (χ0v) is 15.5. The van der Waals surface area contributed by atoms with Crippen LogP contribution in [0.2, 0.25) is 0 Å². The van der Waals surface area contributed by atoms with E-state index < -0.39 is 0 Å². The number of ether oxygens (including phenoxy) is 2. The van der Waals surface area contributed by atoms with Gasteiger partial charge in [0.1, 0.15) is 0 Å². The Morgan fingerprint density at radius 3 is 2.31 bits per heavy atom. The topological polar surface area (TPSA) is 76.7 Å². The number of nitrogens with one attached hydrogen (secondary N) is 2. The maximum absolute atomic E-state index is 12.4. The summed E-state index contributed by atoms with van der Waals surface area (Å²) in [6.45, 7) is 3.69. The fourth-order valence-electron chi connectivity index (χ4n) is 2.45. The molecule has 0 bridgehead atoms. The van der Waals surface area contributed by atoms with Crippen LogP contribution in [0.5, 0.6) is 11.5 Å². The monoisotopic (exact) mass is 356 g/mol. The van der Waals surface area contributed by atoms with Crippen molar-refractivity contribution < 1.29 is 19.1 Å². The van der Waals surface area contributed by atoms with Gasteiger partial charge >= 0.3 is 0 Å². The van der Waals surface area contributed by atoms with E-state index in [0.29, 0.717) is 29.3 Å². The lowest BCUT2D eigenvalue weighted by atomic mass is 10.1. The number of amides is 2. The molecule has 0 atom stereocenters. The second kappa shape index (κ2) is 8.89. The van der Waals surface area contributed by atoms with Crippen LogP contribution < -0.4 is 20.1 Å². The first-order valence-electron chi connectivity index (χ1n) is 8.38. The van der Waals surface area contributed by atoms with Gasteiger partial charge in [-0.15, -0.1) is 0 Å². The summed E-state index contributed by atoms with van der Waals surface area (Å²) in [6, 6.07) is 10.8. The fourth-order valence-corrected chi connectivity index (χ4v) is 2.45. The molecule has 0 fully saturated rings. The maximum Gasteiger partial charge on any atom is 0.228 e. The molecule has 2 amide bonds. The Labute approximate surface area is 153 Å². The first-order chi connectivity index (χ1) is 12.5. The Morgan fingerprint density at radius 1 is 0.923 bits per heavy atom. The summed E-state index contributed by atoms with van der Waals surface area (Å²) in [6.07, 6.45) is 0.597. The van der Waals surface area contributed by atoms with E-state index in [1.54, 1.807) is 39.3 Å². The molecule has 0 aromatic heterocycles. The molecule has 138 valence electrons. The van der Waals surface area contributed by atoms with Gasteiger partial charge in [-0.05, 0) is 42.3 Å². The lowest BCUT2D eigenvalue weighted by molar-refractivity contribution is -0.116. The third kappa shape index (κ3) is 4.99. The molecule has 0 saturated carbocycles. The first-order valence-corrected chi connectivity index (χ1v) is 8.38. The van der Waals surface area contributed by atoms with Crippen molar-refractivity contribution in [2.75, 3.05) is 24.9 Å². The average molecular weight is 356 g/mol.